The molecule has 0 spiro atoms. The molecule has 0 fully saturated rings. The zero-order valence-electron chi connectivity index (χ0n) is 19.3. The van der Waals surface area contributed by atoms with E-state index in [0.29, 0.717) is 38.2 Å². The maximum atomic E-state index is 13.2. The van der Waals surface area contributed by atoms with Crippen LogP contribution in [0.1, 0.15) is 52.2 Å². The van der Waals surface area contributed by atoms with Crippen molar-refractivity contribution < 1.29 is 4.79 Å². The summed E-state index contributed by atoms with van der Waals surface area (Å²) in [6.07, 6.45) is 0. The van der Waals surface area contributed by atoms with Gasteiger partial charge in [0.05, 0.1) is 22.6 Å². The Hall–Kier alpha value is -3.66. The van der Waals surface area contributed by atoms with Gasteiger partial charge in [-0.15, -0.1) is 11.3 Å². The van der Waals surface area contributed by atoms with E-state index >= 15 is 0 Å². The van der Waals surface area contributed by atoms with Crippen molar-refractivity contribution in [3.05, 3.63) is 62.3 Å². The number of aryl methyl sites for hydroxylation is 3. The van der Waals surface area contributed by atoms with E-state index in [4.69, 9.17) is 0 Å². The standard InChI is InChI=1S/C23H25N7O2S/c1-11(2)19-26-20(28-27-19)15-9-7-8-10-16(15)25-21(31)18-14(5)24-22(33-18)17-12(3)13(4)29-30(6)23(17)32/h7-11H,1-6H3,(H,25,31)(H,26,27,28). The predicted octanol–water partition coefficient (Wildman–Crippen LogP) is 3.99. The lowest BCUT2D eigenvalue weighted by Crippen LogP contribution is -2.23. The van der Waals surface area contributed by atoms with Crippen molar-refractivity contribution in [3.63, 3.8) is 0 Å². The number of rotatable bonds is 5. The van der Waals surface area contributed by atoms with Gasteiger partial charge in [-0.3, -0.25) is 14.7 Å². The second-order valence-corrected chi connectivity index (χ2v) is 9.15. The Morgan fingerprint density at radius 2 is 1.85 bits per heavy atom. The maximum absolute atomic E-state index is 13.2. The maximum Gasteiger partial charge on any atom is 0.277 e. The number of carbonyl (C=O) groups excluding carboxylic acids is 1. The SMILES string of the molecule is Cc1nc(-c2c(C)c(C)nn(C)c2=O)sc1C(=O)Nc1ccccc1-c1n[nH]c(C(C)C)n1. The molecule has 33 heavy (non-hydrogen) atoms. The number of para-hydroxylation sites is 1. The van der Waals surface area contributed by atoms with Gasteiger partial charge in [0.15, 0.2) is 5.82 Å². The quantitative estimate of drug-likeness (QED) is 0.462. The molecule has 0 aliphatic rings. The van der Waals surface area contributed by atoms with Gasteiger partial charge in [0.1, 0.15) is 15.7 Å². The first kappa shape index (κ1) is 22.5. The monoisotopic (exact) mass is 463 g/mol. The molecular formula is C23H25N7O2S. The van der Waals surface area contributed by atoms with Crippen molar-refractivity contribution in [2.45, 2.75) is 40.5 Å². The van der Waals surface area contributed by atoms with Gasteiger partial charge in [0.25, 0.3) is 11.5 Å². The molecule has 1 aromatic carbocycles. The fourth-order valence-corrected chi connectivity index (χ4v) is 4.49. The molecule has 0 bridgehead atoms. The second kappa shape index (κ2) is 8.70. The number of amides is 1. The van der Waals surface area contributed by atoms with Crippen LogP contribution < -0.4 is 10.9 Å². The Labute approximate surface area is 194 Å². The Morgan fingerprint density at radius 1 is 1.12 bits per heavy atom. The average molecular weight is 464 g/mol. The number of H-pyrrole nitrogens is 1. The van der Waals surface area contributed by atoms with Crippen molar-refractivity contribution >= 4 is 22.9 Å². The van der Waals surface area contributed by atoms with Gasteiger partial charge in [0, 0.05) is 18.5 Å². The molecule has 0 aliphatic carbocycles. The van der Waals surface area contributed by atoms with E-state index in [1.165, 1.54) is 16.0 Å². The minimum Gasteiger partial charge on any atom is -0.321 e. The summed E-state index contributed by atoms with van der Waals surface area (Å²) in [5.74, 6) is 1.20. The van der Waals surface area contributed by atoms with Gasteiger partial charge >= 0.3 is 0 Å². The number of carbonyl (C=O) groups is 1. The first-order valence-electron chi connectivity index (χ1n) is 10.5. The molecule has 0 atom stereocenters. The van der Waals surface area contributed by atoms with Crippen LogP contribution in [0.2, 0.25) is 0 Å². The number of benzene rings is 1. The number of anilines is 1. The number of thiazole rings is 1. The van der Waals surface area contributed by atoms with Crippen molar-refractivity contribution in [1.82, 2.24) is 29.9 Å². The summed E-state index contributed by atoms with van der Waals surface area (Å²) >= 11 is 1.19. The van der Waals surface area contributed by atoms with Crippen molar-refractivity contribution in [2.75, 3.05) is 5.32 Å². The zero-order valence-corrected chi connectivity index (χ0v) is 20.2. The first-order valence-corrected chi connectivity index (χ1v) is 11.3. The first-order chi connectivity index (χ1) is 15.7. The number of aromatic nitrogens is 6. The van der Waals surface area contributed by atoms with Crippen molar-refractivity contribution in [1.29, 1.82) is 0 Å². The molecule has 4 aromatic rings. The molecular weight excluding hydrogens is 438 g/mol. The number of nitrogens with zero attached hydrogens (tertiary/aromatic N) is 5. The van der Waals surface area contributed by atoms with E-state index in [-0.39, 0.29) is 17.4 Å². The van der Waals surface area contributed by atoms with E-state index in [1.54, 1.807) is 14.0 Å². The van der Waals surface area contributed by atoms with Crippen LogP contribution in [0.15, 0.2) is 29.1 Å². The Bertz CT molecular complexity index is 1410. The number of hydrogen-bond acceptors (Lipinski definition) is 7. The van der Waals surface area contributed by atoms with Crippen LogP contribution in [0.25, 0.3) is 22.0 Å². The van der Waals surface area contributed by atoms with Crippen molar-refractivity contribution in [2.24, 2.45) is 7.05 Å². The molecule has 0 saturated heterocycles. The molecule has 10 heteroatoms. The van der Waals surface area contributed by atoms with E-state index in [2.05, 4.69) is 30.6 Å². The van der Waals surface area contributed by atoms with Gasteiger partial charge in [0.2, 0.25) is 0 Å². The molecule has 9 nitrogen and oxygen atoms in total. The molecule has 3 aromatic heterocycles. The summed E-state index contributed by atoms with van der Waals surface area (Å²) in [7, 11) is 1.61. The minimum absolute atomic E-state index is 0.208. The van der Waals surface area contributed by atoms with Crippen molar-refractivity contribution in [3.8, 4) is 22.0 Å². The van der Waals surface area contributed by atoms with E-state index in [9.17, 15) is 9.59 Å². The van der Waals surface area contributed by atoms with Gasteiger partial charge in [-0.1, -0.05) is 26.0 Å². The van der Waals surface area contributed by atoms with Crippen LogP contribution in [0.3, 0.4) is 0 Å². The summed E-state index contributed by atoms with van der Waals surface area (Å²) in [4.78, 5) is 35.4. The smallest absolute Gasteiger partial charge is 0.277 e. The van der Waals surface area contributed by atoms with Gasteiger partial charge < -0.3 is 5.32 Å². The lowest BCUT2D eigenvalue weighted by molar-refractivity contribution is 0.103. The highest BCUT2D eigenvalue weighted by atomic mass is 32.1. The highest BCUT2D eigenvalue weighted by molar-refractivity contribution is 7.17. The third kappa shape index (κ3) is 4.21. The summed E-state index contributed by atoms with van der Waals surface area (Å²) in [5, 5.41) is 14.9. The third-order valence-corrected chi connectivity index (χ3v) is 6.58. The molecule has 3 heterocycles. The highest BCUT2D eigenvalue weighted by Crippen LogP contribution is 2.31. The third-order valence-electron chi connectivity index (χ3n) is 5.41. The Balaban J connectivity index is 1.68. The van der Waals surface area contributed by atoms with Crippen LogP contribution in [0, 0.1) is 20.8 Å². The van der Waals surface area contributed by atoms with Crippen LogP contribution in [-0.4, -0.2) is 35.9 Å². The minimum atomic E-state index is -0.302. The van der Waals surface area contributed by atoms with Gasteiger partial charge in [-0.05, 0) is 38.5 Å². The average Bonchev–Trinajstić information content (AvgIpc) is 3.40. The lowest BCUT2D eigenvalue weighted by Gasteiger charge is -2.08. The van der Waals surface area contributed by atoms with Crippen LogP contribution >= 0.6 is 11.3 Å². The Kier molecular flexibility index (Phi) is 5.94. The molecule has 0 aliphatic heterocycles. The summed E-state index contributed by atoms with van der Waals surface area (Å²) < 4.78 is 1.30. The van der Waals surface area contributed by atoms with E-state index < -0.39 is 0 Å². The van der Waals surface area contributed by atoms with E-state index in [1.807, 2.05) is 52.0 Å². The second-order valence-electron chi connectivity index (χ2n) is 8.15. The molecule has 4 rings (SSSR count). The summed E-state index contributed by atoms with van der Waals surface area (Å²) in [6, 6.07) is 7.38. The topological polar surface area (TPSA) is 118 Å². The molecule has 1 amide bonds. The van der Waals surface area contributed by atoms with E-state index in [0.717, 1.165) is 17.1 Å². The van der Waals surface area contributed by atoms with Crippen LogP contribution in [0.5, 0.6) is 0 Å². The lowest BCUT2D eigenvalue weighted by atomic mass is 10.1. The number of aromatic amines is 1. The highest BCUT2D eigenvalue weighted by Gasteiger charge is 2.22. The molecule has 0 unspecified atom stereocenters. The predicted molar refractivity (Wildman–Crippen MR) is 129 cm³/mol. The Morgan fingerprint density at radius 3 is 2.55 bits per heavy atom. The van der Waals surface area contributed by atoms with Gasteiger partial charge in [-0.2, -0.15) is 10.2 Å². The molecule has 2 N–H and O–H groups in total. The van der Waals surface area contributed by atoms with Crippen LogP contribution in [0.4, 0.5) is 5.69 Å². The van der Waals surface area contributed by atoms with Crippen LogP contribution in [-0.2, 0) is 7.05 Å². The fraction of sp³-hybridized carbons (Fsp3) is 0.304. The number of hydrogen-bond donors (Lipinski definition) is 2. The fourth-order valence-electron chi connectivity index (χ4n) is 3.43. The number of nitrogens with one attached hydrogen (secondary N) is 2. The molecule has 170 valence electrons. The summed E-state index contributed by atoms with van der Waals surface area (Å²) in [6.45, 7) is 9.51. The largest absolute Gasteiger partial charge is 0.321 e. The molecule has 0 radical (unpaired) electrons. The van der Waals surface area contributed by atoms with Gasteiger partial charge in [-0.25, -0.2) is 14.6 Å². The normalized spacial score (nSPS) is 11.2. The summed E-state index contributed by atoms with van der Waals surface area (Å²) in [5.41, 5.74) is 3.60. The molecule has 0 saturated carbocycles. The zero-order chi connectivity index (χ0) is 23.9.